The van der Waals surface area contributed by atoms with Gasteiger partial charge in [-0.1, -0.05) is 86.6 Å². The summed E-state index contributed by atoms with van der Waals surface area (Å²) in [5.41, 5.74) is 7.48. The summed E-state index contributed by atoms with van der Waals surface area (Å²) in [6, 6.07) is 32.5. The first kappa shape index (κ1) is 23.3. The second kappa shape index (κ2) is 7.09. The summed E-state index contributed by atoms with van der Waals surface area (Å²) in [6.45, 7) is 5.57. The molecule has 0 saturated carbocycles. The van der Waals surface area contributed by atoms with Crippen molar-refractivity contribution in [3.63, 3.8) is 0 Å². The third kappa shape index (κ3) is 2.59. The van der Waals surface area contributed by atoms with Gasteiger partial charge in [0.25, 0.3) is 0 Å². The second-order valence-electron chi connectivity index (χ2n) is 12.6. The Kier molecular flexibility index (Phi) is 4.04. The molecule has 0 spiro atoms. The molecular weight excluding hydrogens is 513 g/mol. The van der Waals surface area contributed by atoms with Gasteiger partial charge in [-0.2, -0.15) is 13.2 Å². The Balaban J connectivity index is 1.39. The standard InChI is InChI=1S/C38H25F3/c1-36(2)30-16-26-22-12-4-8-20-10-6-14-24(34(20)22)28(26)18-32(30)37(3,38(39,40)41)33-19-29-25-15-7-11-21-9-5-13-23(35(21)25)27(29)17-31(33)36/h4-19H,1-3H3. The van der Waals surface area contributed by atoms with Crippen molar-refractivity contribution in [1.29, 1.82) is 0 Å². The van der Waals surface area contributed by atoms with Crippen molar-refractivity contribution in [2.24, 2.45) is 0 Å². The summed E-state index contributed by atoms with van der Waals surface area (Å²) >= 11 is 0. The Labute approximate surface area is 236 Å². The van der Waals surface area contributed by atoms with Crippen LogP contribution in [0.3, 0.4) is 0 Å². The summed E-state index contributed by atoms with van der Waals surface area (Å²) in [5, 5.41) is 4.47. The molecule has 41 heavy (non-hydrogen) atoms. The molecule has 0 atom stereocenters. The first-order chi connectivity index (χ1) is 19.6. The van der Waals surface area contributed by atoms with Crippen molar-refractivity contribution in [1.82, 2.24) is 0 Å². The van der Waals surface area contributed by atoms with Crippen LogP contribution < -0.4 is 0 Å². The molecule has 3 aliphatic carbocycles. The van der Waals surface area contributed by atoms with E-state index in [4.69, 9.17) is 0 Å². The van der Waals surface area contributed by atoms with Gasteiger partial charge in [-0.05, 0) is 119 Å². The molecule has 0 heterocycles. The van der Waals surface area contributed by atoms with Crippen LogP contribution in [0.25, 0.3) is 66.1 Å². The molecule has 0 radical (unpaired) electrons. The Morgan fingerprint density at radius 1 is 0.439 bits per heavy atom. The zero-order chi connectivity index (χ0) is 28.1. The van der Waals surface area contributed by atoms with E-state index in [1.54, 1.807) is 0 Å². The van der Waals surface area contributed by atoms with Crippen LogP contribution in [-0.2, 0) is 10.8 Å². The van der Waals surface area contributed by atoms with Gasteiger partial charge in [0.05, 0.1) is 0 Å². The van der Waals surface area contributed by atoms with Gasteiger partial charge in [0.1, 0.15) is 5.41 Å². The zero-order valence-corrected chi connectivity index (χ0v) is 22.9. The van der Waals surface area contributed by atoms with Crippen LogP contribution in [0.2, 0.25) is 0 Å². The minimum absolute atomic E-state index is 0.361. The fourth-order valence-electron chi connectivity index (χ4n) is 8.13. The Morgan fingerprint density at radius 2 is 0.756 bits per heavy atom. The van der Waals surface area contributed by atoms with Crippen LogP contribution in [0.1, 0.15) is 43.0 Å². The first-order valence-electron chi connectivity index (χ1n) is 14.1. The topological polar surface area (TPSA) is 0 Å². The van der Waals surface area contributed by atoms with Crippen molar-refractivity contribution < 1.29 is 13.2 Å². The van der Waals surface area contributed by atoms with Crippen molar-refractivity contribution in [2.75, 3.05) is 0 Å². The largest absolute Gasteiger partial charge is 0.402 e. The molecule has 6 aromatic rings. The number of hydrogen-bond acceptors (Lipinski definition) is 0. The summed E-state index contributed by atoms with van der Waals surface area (Å²) in [4.78, 5) is 0. The van der Waals surface area contributed by atoms with E-state index in [-0.39, 0.29) is 0 Å². The molecule has 0 bridgehead atoms. The van der Waals surface area contributed by atoms with Crippen LogP contribution in [0.5, 0.6) is 0 Å². The van der Waals surface area contributed by atoms with Crippen molar-refractivity contribution in [3.8, 4) is 44.5 Å². The Bertz CT molecular complexity index is 2020. The van der Waals surface area contributed by atoms with Crippen LogP contribution in [-0.4, -0.2) is 6.18 Å². The average Bonchev–Trinajstić information content (AvgIpc) is 3.45. The van der Waals surface area contributed by atoms with Gasteiger partial charge in [0.15, 0.2) is 0 Å². The van der Waals surface area contributed by atoms with E-state index in [0.717, 1.165) is 77.2 Å². The number of hydrogen-bond donors (Lipinski definition) is 0. The van der Waals surface area contributed by atoms with Gasteiger partial charge in [0, 0.05) is 5.41 Å². The molecule has 0 aromatic heterocycles. The third-order valence-electron chi connectivity index (χ3n) is 10.3. The predicted octanol–water partition coefficient (Wildman–Crippen LogP) is 10.8. The van der Waals surface area contributed by atoms with E-state index < -0.39 is 17.0 Å². The number of rotatable bonds is 0. The molecule has 0 unspecified atom stereocenters. The van der Waals surface area contributed by atoms with Crippen molar-refractivity contribution >= 4 is 21.5 Å². The fraction of sp³-hybridized carbons (Fsp3) is 0.158. The molecular formula is C38H25F3. The van der Waals surface area contributed by atoms with Crippen molar-refractivity contribution in [2.45, 2.75) is 37.8 Å². The predicted molar refractivity (Wildman–Crippen MR) is 161 cm³/mol. The quantitative estimate of drug-likeness (QED) is 0.180. The highest BCUT2D eigenvalue weighted by molar-refractivity contribution is 6.17. The van der Waals surface area contributed by atoms with Crippen LogP contribution in [0.4, 0.5) is 13.2 Å². The van der Waals surface area contributed by atoms with Gasteiger partial charge in [-0.3, -0.25) is 0 Å². The second-order valence-corrected chi connectivity index (χ2v) is 12.6. The minimum Gasteiger partial charge on any atom is -0.170 e. The van der Waals surface area contributed by atoms with Crippen LogP contribution in [0, 0.1) is 0 Å². The summed E-state index contributed by atoms with van der Waals surface area (Å²) < 4.78 is 46.9. The van der Waals surface area contributed by atoms with Gasteiger partial charge in [-0.25, -0.2) is 0 Å². The SMILES string of the molecule is CC1(C)c2cc3c(cc2C(C)(C(F)(F)F)c2cc4c(cc21)-c1cccc2cccc-4c12)-c1cccc2cccc-3c12. The van der Waals surface area contributed by atoms with Crippen LogP contribution in [0.15, 0.2) is 97.1 Å². The molecule has 6 aromatic carbocycles. The minimum atomic E-state index is -4.50. The fourth-order valence-corrected chi connectivity index (χ4v) is 8.13. The number of fused-ring (bicyclic) bond motifs is 8. The Morgan fingerprint density at radius 3 is 1.07 bits per heavy atom. The number of benzene rings is 6. The average molecular weight is 539 g/mol. The molecule has 0 fully saturated rings. The van der Waals surface area contributed by atoms with Gasteiger partial charge in [-0.15, -0.1) is 0 Å². The molecule has 9 rings (SSSR count). The summed E-state index contributed by atoms with van der Waals surface area (Å²) in [6.07, 6.45) is -4.50. The van der Waals surface area contributed by atoms with E-state index in [1.807, 2.05) is 48.5 Å². The molecule has 198 valence electrons. The van der Waals surface area contributed by atoms with E-state index in [2.05, 4.69) is 62.4 Å². The normalized spacial score (nSPS) is 16.4. The maximum atomic E-state index is 15.6. The lowest BCUT2D eigenvalue weighted by Gasteiger charge is -2.46. The smallest absolute Gasteiger partial charge is 0.170 e. The van der Waals surface area contributed by atoms with E-state index in [0.29, 0.717) is 11.1 Å². The molecule has 0 N–H and O–H groups in total. The lowest BCUT2D eigenvalue weighted by molar-refractivity contribution is -0.174. The van der Waals surface area contributed by atoms with E-state index in [9.17, 15) is 0 Å². The third-order valence-corrected chi connectivity index (χ3v) is 10.3. The van der Waals surface area contributed by atoms with Gasteiger partial charge < -0.3 is 0 Å². The molecule has 0 nitrogen and oxygen atoms in total. The van der Waals surface area contributed by atoms with Gasteiger partial charge >= 0.3 is 6.18 Å². The zero-order valence-electron chi connectivity index (χ0n) is 22.9. The molecule has 0 aliphatic heterocycles. The first-order valence-corrected chi connectivity index (χ1v) is 14.1. The summed E-state index contributed by atoms with van der Waals surface area (Å²) in [5.74, 6) is 0. The van der Waals surface area contributed by atoms with E-state index in [1.165, 1.54) is 6.92 Å². The lowest BCUT2D eigenvalue weighted by atomic mass is 9.58. The summed E-state index contributed by atoms with van der Waals surface area (Å²) in [7, 11) is 0. The van der Waals surface area contributed by atoms with Crippen molar-refractivity contribution in [3.05, 3.63) is 119 Å². The highest BCUT2D eigenvalue weighted by atomic mass is 19.4. The van der Waals surface area contributed by atoms with Crippen LogP contribution >= 0.6 is 0 Å². The monoisotopic (exact) mass is 538 g/mol. The number of halogens is 3. The van der Waals surface area contributed by atoms with Gasteiger partial charge in [0.2, 0.25) is 0 Å². The molecule has 0 amide bonds. The molecule has 3 heteroatoms. The highest BCUT2D eigenvalue weighted by Gasteiger charge is 2.59. The maximum Gasteiger partial charge on any atom is 0.402 e. The highest BCUT2D eigenvalue weighted by Crippen LogP contribution is 2.61. The van der Waals surface area contributed by atoms with E-state index >= 15 is 13.2 Å². The Hall–Kier alpha value is -4.37. The lowest BCUT2D eigenvalue weighted by Crippen LogP contribution is -2.47. The maximum absolute atomic E-state index is 15.6. The molecule has 3 aliphatic rings. The number of alkyl halides is 3. The molecule has 0 saturated heterocycles.